The summed E-state index contributed by atoms with van der Waals surface area (Å²) in [6.45, 7) is 9.31. The summed E-state index contributed by atoms with van der Waals surface area (Å²) in [6, 6.07) is 0. The van der Waals surface area contributed by atoms with E-state index in [1.807, 2.05) is 4.90 Å². The lowest BCUT2D eigenvalue weighted by molar-refractivity contribution is 0.117. The topological polar surface area (TPSA) is 82.0 Å². The number of aliphatic hydroxyl groups is 1. The Kier molecular flexibility index (Phi) is 6.27. The van der Waals surface area contributed by atoms with Gasteiger partial charge in [-0.3, -0.25) is 4.99 Å². The van der Waals surface area contributed by atoms with Crippen molar-refractivity contribution < 1.29 is 13.5 Å². The quantitative estimate of drug-likeness (QED) is 0.576. The molecule has 1 aliphatic rings. The molecule has 0 unspecified atom stereocenters. The van der Waals surface area contributed by atoms with Crippen LogP contribution in [0.1, 0.15) is 40.5 Å². The second kappa shape index (κ2) is 7.17. The van der Waals surface area contributed by atoms with Crippen LogP contribution in [0.4, 0.5) is 0 Å². The first-order valence-corrected chi connectivity index (χ1v) is 9.61. The largest absolute Gasteiger partial charge is 0.396 e. The van der Waals surface area contributed by atoms with Gasteiger partial charge in [0.25, 0.3) is 0 Å². The molecule has 1 heterocycles. The van der Waals surface area contributed by atoms with E-state index in [-0.39, 0.29) is 17.8 Å². The number of nitrogens with zero attached hydrogens (tertiary/aromatic N) is 2. The van der Waals surface area contributed by atoms with Crippen molar-refractivity contribution in [1.82, 2.24) is 10.2 Å². The van der Waals surface area contributed by atoms with Gasteiger partial charge in [0.1, 0.15) is 0 Å². The number of hydrogen-bond acceptors (Lipinski definition) is 4. The van der Waals surface area contributed by atoms with E-state index in [9.17, 15) is 13.5 Å². The molecule has 0 aromatic heterocycles. The minimum absolute atomic E-state index is 0.129. The maximum Gasteiger partial charge on any atom is 0.193 e. The number of guanidine groups is 1. The van der Waals surface area contributed by atoms with E-state index in [1.54, 1.807) is 20.9 Å². The van der Waals surface area contributed by atoms with Crippen LogP contribution in [-0.4, -0.2) is 68.2 Å². The molecule has 6 nitrogen and oxygen atoms in total. The molecule has 22 heavy (non-hydrogen) atoms. The minimum atomic E-state index is -3.06. The summed E-state index contributed by atoms with van der Waals surface area (Å²) in [5.41, 5.74) is -0.159. The molecule has 1 aliphatic heterocycles. The molecule has 130 valence electrons. The monoisotopic (exact) mass is 333 g/mol. The number of rotatable bonds is 5. The molecule has 0 bridgehead atoms. The van der Waals surface area contributed by atoms with Crippen molar-refractivity contribution in [1.29, 1.82) is 0 Å². The molecule has 1 rings (SSSR count). The van der Waals surface area contributed by atoms with Crippen molar-refractivity contribution in [2.45, 2.75) is 45.3 Å². The third-order valence-electron chi connectivity index (χ3n) is 5.01. The van der Waals surface area contributed by atoms with Crippen molar-refractivity contribution in [2.75, 3.05) is 39.0 Å². The molecular formula is C15H31N3O3S. The van der Waals surface area contributed by atoms with Crippen LogP contribution in [0, 0.1) is 5.41 Å². The van der Waals surface area contributed by atoms with E-state index in [0.717, 1.165) is 12.8 Å². The fourth-order valence-electron chi connectivity index (χ4n) is 2.70. The zero-order valence-electron chi connectivity index (χ0n) is 14.5. The highest BCUT2D eigenvalue weighted by molar-refractivity contribution is 7.92. The van der Waals surface area contributed by atoms with Crippen LogP contribution >= 0.6 is 0 Å². The number of aliphatic hydroxyl groups excluding tert-OH is 1. The Bertz CT molecular complexity index is 488. The van der Waals surface area contributed by atoms with Crippen molar-refractivity contribution >= 4 is 15.8 Å². The maximum absolute atomic E-state index is 12.1. The Balaban J connectivity index is 2.79. The Labute approximate surface area is 134 Å². The average Bonchev–Trinajstić information content (AvgIpc) is 2.48. The number of hydrogen-bond donors (Lipinski definition) is 2. The highest BCUT2D eigenvalue weighted by Gasteiger charge is 2.41. The Morgan fingerprint density at radius 2 is 1.95 bits per heavy atom. The Morgan fingerprint density at radius 1 is 1.36 bits per heavy atom. The lowest BCUT2D eigenvalue weighted by Crippen LogP contribution is -2.58. The zero-order valence-corrected chi connectivity index (χ0v) is 15.3. The van der Waals surface area contributed by atoms with E-state index in [4.69, 9.17) is 0 Å². The van der Waals surface area contributed by atoms with E-state index in [0.29, 0.717) is 25.6 Å². The zero-order chi connectivity index (χ0) is 17.0. The molecule has 1 saturated heterocycles. The second-order valence-electron chi connectivity index (χ2n) is 6.77. The summed E-state index contributed by atoms with van der Waals surface area (Å²) >= 11 is 0. The summed E-state index contributed by atoms with van der Waals surface area (Å²) in [4.78, 5) is 6.28. The van der Waals surface area contributed by atoms with Crippen LogP contribution in [0.2, 0.25) is 0 Å². The van der Waals surface area contributed by atoms with Crippen molar-refractivity contribution in [3.05, 3.63) is 0 Å². The molecule has 0 spiro atoms. The second-order valence-corrected chi connectivity index (χ2v) is 9.51. The molecule has 2 N–H and O–H groups in total. The van der Waals surface area contributed by atoms with Crippen molar-refractivity contribution in [3.8, 4) is 0 Å². The van der Waals surface area contributed by atoms with E-state index in [2.05, 4.69) is 24.2 Å². The van der Waals surface area contributed by atoms with Crippen LogP contribution in [0.25, 0.3) is 0 Å². The molecular weight excluding hydrogens is 302 g/mol. The lowest BCUT2D eigenvalue weighted by Gasteiger charge is -2.40. The molecule has 0 atom stereocenters. The van der Waals surface area contributed by atoms with Crippen LogP contribution in [0.3, 0.4) is 0 Å². The lowest BCUT2D eigenvalue weighted by atomic mass is 9.83. The summed E-state index contributed by atoms with van der Waals surface area (Å²) < 4.78 is 23.4. The van der Waals surface area contributed by atoms with Crippen LogP contribution in [0.5, 0.6) is 0 Å². The van der Waals surface area contributed by atoms with Gasteiger partial charge >= 0.3 is 0 Å². The fourth-order valence-corrected chi connectivity index (χ4v) is 4.07. The van der Waals surface area contributed by atoms with E-state index < -0.39 is 14.6 Å². The average molecular weight is 333 g/mol. The first kappa shape index (κ1) is 19.2. The van der Waals surface area contributed by atoms with Gasteiger partial charge in [-0.15, -0.1) is 0 Å². The molecule has 0 radical (unpaired) electrons. The first-order chi connectivity index (χ1) is 10.2. The van der Waals surface area contributed by atoms with Crippen LogP contribution in [0.15, 0.2) is 4.99 Å². The van der Waals surface area contributed by atoms with Gasteiger partial charge in [-0.1, -0.05) is 13.8 Å². The molecule has 0 aromatic carbocycles. The Morgan fingerprint density at radius 3 is 2.36 bits per heavy atom. The highest BCUT2D eigenvalue weighted by Crippen LogP contribution is 2.26. The fraction of sp³-hybridized carbons (Fsp3) is 0.933. The number of sulfone groups is 1. The molecule has 0 amide bonds. The SMILES string of the molecule is CCC(CC)(CO)CNC(=NC)N1CCS(=O)(=O)C(C)(C)C1. The summed E-state index contributed by atoms with van der Waals surface area (Å²) in [5, 5.41) is 13.0. The Hall–Kier alpha value is -0.820. The smallest absolute Gasteiger partial charge is 0.193 e. The van der Waals surface area contributed by atoms with Gasteiger partial charge in [-0.05, 0) is 26.7 Å². The van der Waals surface area contributed by atoms with E-state index >= 15 is 0 Å². The van der Waals surface area contributed by atoms with Crippen molar-refractivity contribution in [2.24, 2.45) is 10.4 Å². The van der Waals surface area contributed by atoms with Crippen LogP contribution in [-0.2, 0) is 9.84 Å². The predicted octanol–water partition coefficient (Wildman–Crippen LogP) is 0.870. The van der Waals surface area contributed by atoms with Gasteiger partial charge in [-0.2, -0.15) is 0 Å². The number of aliphatic imine (C=N–C) groups is 1. The molecule has 0 aromatic rings. The third-order valence-corrected chi connectivity index (χ3v) is 7.54. The number of nitrogens with one attached hydrogen (secondary N) is 1. The summed E-state index contributed by atoms with van der Waals surface area (Å²) in [7, 11) is -1.35. The first-order valence-electron chi connectivity index (χ1n) is 7.95. The normalized spacial score (nSPS) is 21.7. The highest BCUT2D eigenvalue weighted by atomic mass is 32.2. The van der Waals surface area contributed by atoms with E-state index in [1.165, 1.54) is 0 Å². The van der Waals surface area contributed by atoms with Gasteiger partial charge < -0.3 is 15.3 Å². The predicted molar refractivity (Wildman–Crippen MR) is 90.9 cm³/mol. The maximum atomic E-state index is 12.1. The van der Waals surface area contributed by atoms with Gasteiger partial charge in [0.05, 0.1) is 17.1 Å². The summed E-state index contributed by atoms with van der Waals surface area (Å²) in [6.07, 6.45) is 1.76. The summed E-state index contributed by atoms with van der Waals surface area (Å²) in [5.74, 6) is 0.857. The van der Waals surface area contributed by atoms with Crippen LogP contribution < -0.4 is 5.32 Å². The van der Waals surface area contributed by atoms with Gasteiger partial charge in [0.15, 0.2) is 15.8 Å². The van der Waals surface area contributed by atoms with Gasteiger partial charge in [-0.25, -0.2) is 8.42 Å². The standard InChI is InChI=1S/C15H31N3O3S/c1-6-15(7-2,12-19)10-17-13(16-5)18-8-9-22(20,21)14(3,4)11-18/h19H,6-12H2,1-5H3,(H,16,17). The molecule has 0 aliphatic carbocycles. The van der Waals surface area contributed by atoms with Crippen molar-refractivity contribution in [3.63, 3.8) is 0 Å². The molecule has 0 saturated carbocycles. The van der Waals surface area contributed by atoms with Gasteiger partial charge in [0.2, 0.25) is 0 Å². The molecule has 7 heteroatoms. The minimum Gasteiger partial charge on any atom is -0.396 e. The molecule has 1 fully saturated rings. The van der Waals surface area contributed by atoms with Gasteiger partial charge in [0, 0.05) is 32.1 Å². The third kappa shape index (κ3) is 3.93.